The van der Waals surface area contributed by atoms with Crippen LogP contribution in [0.25, 0.3) is 0 Å². The van der Waals surface area contributed by atoms with Crippen LogP contribution in [0, 0.1) is 27.7 Å². The zero-order valence-electron chi connectivity index (χ0n) is 20.7. The number of nitrogens with zero attached hydrogens (tertiary/aromatic N) is 1. The average molecular weight is 459 g/mol. The molecule has 5 heteroatoms. The van der Waals surface area contributed by atoms with Crippen molar-refractivity contribution in [1.29, 1.82) is 0 Å². The van der Waals surface area contributed by atoms with Gasteiger partial charge in [0.1, 0.15) is 11.8 Å². The first-order chi connectivity index (χ1) is 16.3. The molecule has 1 atom stereocenters. The minimum absolute atomic E-state index is 0.141. The highest BCUT2D eigenvalue weighted by molar-refractivity contribution is 5.88. The van der Waals surface area contributed by atoms with Crippen LogP contribution in [0.4, 0.5) is 0 Å². The van der Waals surface area contributed by atoms with Crippen molar-refractivity contribution in [2.75, 3.05) is 13.7 Å². The molecular weight excluding hydrogens is 424 g/mol. The van der Waals surface area contributed by atoms with Gasteiger partial charge in [-0.2, -0.15) is 0 Å². The highest BCUT2D eigenvalue weighted by atomic mass is 16.5. The number of ether oxygens (including phenoxy) is 1. The largest absolute Gasteiger partial charge is 0.483 e. The summed E-state index contributed by atoms with van der Waals surface area (Å²) in [6, 6.07) is 21.1. The van der Waals surface area contributed by atoms with Gasteiger partial charge in [0.25, 0.3) is 5.91 Å². The molecule has 0 aliphatic carbocycles. The van der Waals surface area contributed by atoms with Gasteiger partial charge >= 0.3 is 0 Å². The summed E-state index contributed by atoms with van der Waals surface area (Å²) in [5, 5.41) is 2.74. The van der Waals surface area contributed by atoms with Crippen molar-refractivity contribution in [3.8, 4) is 5.75 Å². The zero-order chi connectivity index (χ0) is 24.7. The second-order valence-corrected chi connectivity index (χ2v) is 8.82. The number of benzene rings is 3. The zero-order valence-corrected chi connectivity index (χ0v) is 20.7. The van der Waals surface area contributed by atoms with E-state index in [9.17, 15) is 9.59 Å². The van der Waals surface area contributed by atoms with Gasteiger partial charge in [0.2, 0.25) is 5.91 Å². The molecule has 0 spiro atoms. The molecule has 178 valence electrons. The Hall–Kier alpha value is -3.60. The van der Waals surface area contributed by atoms with Crippen molar-refractivity contribution in [2.45, 2.75) is 46.7 Å². The van der Waals surface area contributed by atoms with Gasteiger partial charge in [-0.1, -0.05) is 66.2 Å². The second-order valence-electron chi connectivity index (χ2n) is 8.82. The van der Waals surface area contributed by atoms with Gasteiger partial charge in [-0.15, -0.1) is 0 Å². The van der Waals surface area contributed by atoms with Crippen molar-refractivity contribution < 1.29 is 14.3 Å². The molecule has 3 aromatic rings. The lowest BCUT2D eigenvalue weighted by Crippen LogP contribution is -2.51. The van der Waals surface area contributed by atoms with Gasteiger partial charge in [0.05, 0.1) is 0 Å². The molecule has 1 unspecified atom stereocenters. The minimum Gasteiger partial charge on any atom is -0.483 e. The van der Waals surface area contributed by atoms with Crippen LogP contribution in [0.3, 0.4) is 0 Å². The molecule has 3 aromatic carbocycles. The van der Waals surface area contributed by atoms with Crippen LogP contribution in [0.1, 0.15) is 33.4 Å². The van der Waals surface area contributed by atoms with Crippen LogP contribution in [0.2, 0.25) is 0 Å². The molecule has 2 amide bonds. The van der Waals surface area contributed by atoms with E-state index in [1.165, 1.54) is 0 Å². The molecule has 1 N–H and O–H groups in total. The Balaban J connectivity index is 1.89. The van der Waals surface area contributed by atoms with E-state index in [0.29, 0.717) is 18.7 Å². The first-order valence-electron chi connectivity index (χ1n) is 11.6. The maximum Gasteiger partial charge on any atom is 0.261 e. The highest BCUT2D eigenvalue weighted by Crippen LogP contribution is 2.24. The SMILES string of the molecule is CNC(=O)C(Cc1ccccc1)N(Cc1ccc(C)cc1)C(=O)COc1cc(C)cc(C)c1C. The molecule has 5 nitrogen and oxygen atoms in total. The first-order valence-corrected chi connectivity index (χ1v) is 11.6. The number of likely N-dealkylation sites (N-methyl/N-ethyl adjacent to an activating group) is 1. The van der Waals surface area contributed by atoms with Gasteiger partial charge in [-0.3, -0.25) is 9.59 Å². The summed E-state index contributed by atoms with van der Waals surface area (Å²) >= 11 is 0. The molecule has 34 heavy (non-hydrogen) atoms. The molecule has 0 saturated carbocycles. The van der Waals surface area contributed by atoms with Crippen LogP contribution < -0.4 is 10.1 Å². The lowest BCUT2D eigenvalue weighted by Gasteiger charge is -2.31. The van der Waals surface area contributed by atoms with Gasteiger partial charge in [0, 0.05) is 20.0 Å². The lowest BCUT2D eigenvalue weighted by atomic mass is 10.0. The van der Waals surface area contributed by atoms with Gasteiger partial charge in [-0.25, -0.2) is 0 Å². The van der Waals surface area contributed by atoms with E-state index in [1.54, 1.807) is 11.9 Å². The molecule has 0 saturated heterocycles. The van der Waals surface area contributed by atoms with Gasteiger partial charge in [0.15, 0.2) is 6.61 Å². The van der Waals surface area contributed by atoms with Crippen LogP contribution in [0.15, 0.2) is 66.7 Å². The summed E-state index contributed by atoms with van der Waals surface area (Å²) in [6.45, 7) is 8.22. The number of carbonyl (C=O) groups excluding carboxylic acids is 2. The number of amides is 2. The normalized spacial score (nSPS) is 11.6. The van der Waals surface area contributed by atoms with Crippen molar-refractivity contribution in [3.63, 3.8) is 0 Å². The van der Waals surface area contributed by atoms with Crippen LogP contribution in [0.5, 0.6) is 5.75 Å². The number of rotatable bonds is 9. The third kappa shape index (κ3) is 6.47. The molecule has 0 heterocycles. The third-order valence-electron chi connectivity index (χ3n) is 6.11. The summed E-state index contributed by atoms with van der Waals surface area (Å²) in [4.78, 5) is 28.2. The molecule has 0 aliphatic heterocycles. The quantitative estimate of drug-likeness (QED) is 0.506. The fraction of sp³-hybridized carbons (Fsp3) is 0.310. The summed E-state index contributed by atoms with van der Waals surface area (Å²) < 4.78 is 5.99. The van der Waals surface area contributed by atoms with Crippen molar-refractivity contribution in [2.24, 2.45) is 0 Å². The number of nitrogens with one attached hydrogen (secondary N) is 1. The maximum absolute atomic E-state index is 13.5. The Morgan fingerprint density at radius 3 is 2.21 bits per heavy atom. The van der Waals surface area contributed by atoms with E-state index in [-0.39, 0.29) is 18.4 Å². The highest BCUT2D eigenvalue weighted by Gasteiger charge is 2.30. The number of hydrogen-bond acceptors (Lipinski definition) is 3. The summed E-state index contributed by atoms with van der Waals surface area (Å²) in [6.07, 6.45) is 0.417. The molecule has 0 fully saturated rings. The maximum atomic E-state index is 13.5. The monoisotopic (exact) mass is 458 g/mol. The number of aryl methyl sites for hydroxylation is 3. The number of carbonyl (C=O) groups is 2. The predicted octanol–water partition coefficient (Wildman–Crippen LogP) is 4.69. The van der Waals surface area contributed by atoms with Crippen molar-refractivity contribution in [3.05, 3.63) is 100 Å². The number of hydrogen-bond donors (Lipinski definition) is 1. The van der Waals surface area contributed by atoms with Crippen molar-refractivity contribution >= 4 is 11.8 Å². The van der Waals surface area contributed by atoms with Crippen LogP contribution >= 0.6 is 0 Å². The Morgan fingerprint density at radius 2 is 1.56 bits per heavy atom. The molecule has 0 bridgehead atoms. The standard InChI is InChI=1S/C29H34N2O3/c1-20-11-13-25(14-12-20)18-31(26(29(33)30-5)17-24-9-7-6-8-10-24)28(32)19-34-27-16-21(2)15-22(3)23(27)4/h6-16,26H,17-19H2,1-5H3,(H,30,33). The smallest absolute Gasteiger partial charge is 0.261 e. The van der Waals surface area contributed by atoms with Gasteiger partial charge in [-0.05, 0) is 61.6 Å². The molecule has 0 aromatic heterocycles. The molecular formula is C29H34N2O3. The van der Waals surface area contributed by atoms with E-state index >= 15 is 0 Å². The van der Waals surface area contributed by atoms with E-state index in [1.807, 2.05) is 88.4 Å². The lowest BCUT2D eigenvalue weighted by molar-refractivity contribution is -0.142. The van der Waals surface area contributed by atoms with Crippen LogP contribution in [-0.2, 0) is 22.6 Å². The van der Waals surface area contributed by atoms with E-state index in [2.05, 4.69) is 11.4 Å². The first kappa shape index (κ1) is 25.0. The fourth-order valence-electron chi connectivity index (χ4n) is 3.98. The second kappa shape index (κ2) is 11.5. The van der Waals surface area contributed by atoms with Gasteiger partial charge < -0.3 is 15.0 Å². The molecule has 0 aliphatic rings. The summed E-state index contributed by atoms with van der Waals surface area (Å²) in [7, 11) is 1.60. The fourth-order valence-corrected chi connectivity index (χ4v) is 3.98. The average Bonchev–Trinajstić information content (AvgIpc) is 2.83. The predicted molar refractivity (Wildman–Crippen MR) is 136 cm³/mol. The molecule has 3 rings (SSSR count). The van der Waals surface area contributed by atoms with E-state index in [0.717, 1.165) is 33.4 Å². The van der Waals surface area contributed by atoms with Crippen molar-refractivity contribution in [1.82, 2.24) is 10.2 Å². The Kier molecular flexibility index (Phi) is 8.47. The molecule has 0 radical (unpaired) electrons. The Labute approximate surface area is 202 Å². The van der Waals surface area contributed by atoms with E-state index < -0.39 is 6.04 Å². The summed E-state index contributed by atoms with van der Waals surface area (Å²) in [5.41, 5.74) is 6.30. The topological polar surface area (TPSA) is 58.6 Å². The Morgan fingerprint density at radius 1 is 0.882 bits per heavy atom. The Bertz CT molecular complexity index is 1120. The summed E-state index contributed by atoms with van der Waals surface area (Å²) in [5.74, 6) is 0.260. The van der Waals surface area contributed by atoms with E-state index in [4.69, 9.17) is 4.74 Å². The van der Waals surface area contributed by atoms with Crippen LogP contribution in [-0.4, -0.2) is 36.4 Å². The minimum atomic E-state index is -0.662. The third-order valence-corrected chi connectivity index (χ3v) is 6.11.